The van der Waals surface area contributed by atoms with E-state index in [-0.39, 0.29) is 0 Å². The summed E-state index contributed by atoms with van der Waals surface area (Å²) in [5.74, 6) is 0. The van der Waals surface area contributed by atoms with Gasteiger partial charge < -0.3 is 4.84 Å². The minimum Gasteiger partial charge on any atom is -0.417 e. The highest BCUT2D eigenvalue weighted by atomic mass is 32.2. The summed E-state index contributed by atoms with van der Waals surface area (Å²) < 4.78 is 2.02. The minimum absolute atomic E-state index is 1.07. The summed E-state index contributed by atoms with van der Waals surface area (Å²) in [5.41, 5.74) is 5.16. The number of unbranched alkanes of at least 4 members (excludes halogenated alkanes) is 2. The maximum atomic E-state index is 5.63. The lowest BCUT2D eigenvalue weighted by Gasteiger charge is -2.11. The van der Waals surface area contributed by atoms with Gasteiger partial charge in [0.05, 0.1) is 11.4 Å². The van der Waals surface area contributed by atoms with Gasteiger partial charge in [0, 0.05) is 9.79 Å². The van der Waals surface area contributed by atoms with E-state index in [0.29, 0.717) is 0 Å². The van der Waals surface area contributed by atoms with Crippen LogP contribution in [0.1, 0.15) is 48.7 Å². The van der Waals surface area contributed by atoms with Crippen LogP contribution in [0.5, 0.6) is 0 Å². The highest BCUT2D eigenvalue weighted by Crippen LogP contribution is 2.37. The van der Waals surface area contributed by atoms with Gasteiger partial charge in [-0.3, -0.25) is 0 Å². The zero-order valence-electron chi connectivity index (χ0n) is 14.4. The van der Waals surface area contributed by atoms with Gasteiger partial charge in [0.25, 0.3) is 0 Å². The molecule has 1 aromatic carbocycles. The smallest absolute Gasteiger partial charge is 0.104 e. The average molecular weight is 317 g/mol. The van der Waals surface area contributed by atoms with Crippen molar-refractivity contribution in [3.8, 4) is 0 Å². The van der Waals surface area contributed by atoms with E-state index in [1.165, 1.54) is 51.6 Å². The van der Waals surface area contributed by atoms with E-state index in [9.17, 15) is 0 Å². The van der Waals surface area contributed by atoms with Crippen LogP contribution >= 0.6 is 11.8 Å². The third-order valence-electron chi connectivity index (χ3n) is 4.14. The van der Waals surface area contributed by atoms with Crippen LogP contribution in [0.2, 0.25) is 0 Å². The zero-order chi connectivity index (χ0) is 16.1. The molecule has 1 aromatic heterocycles. The Balaban J connectivity index is 2.33. The Hall–Kier alpha value is -1.35. The molecule has 0 bridgehead atoms. The van der Waals surface area contributed by atoms with E-state index >= 15 is 0 Å². The van der Waals surface area contributed by atoms with Crippen molar-refractivity contribution in [2.45, 2.75) is 63.2 Å². The molecule has 0 fully saturated rings. The Morgan fingerprint density at radius 3 is 2.32 bits per heavy atom. The zero-order valence-corrected chi connectivity index (χ0v) is 15.2. The summed E-state index contributed by atoms with van der Waals surface area (Å²) in [4.78, 5) is 8.28. The Morgan fingerprint density at radius 1 is 1.05 bits per heavy atom. The van der Waals surface area contributed by atoms with Crippen molar-refractivity contribution in [2.24, 2.45) is 0 Å². The standard InChI is InChI=1S/C19H27NOS/c1-6-7-8-9-18-19(15(3)16(4)20(18)21-5)22-17-12-10-14(2)11-13-17/h10-13H,6-9H2,1-5H3. The molecule has 0 amide bonds. The number of hydrogen-bond donors (Lipinski definition) is 0. The van der Waals surface area contributed by atoms with Crippen molar-refractivity contribution in [3.63, 3.8) is 0 Å². The number of rotatable bonds is 7. The lowest BCUT2D eigenvalue weighted by atomic mass is 10.1. The number of aromatic nitrogens is 1. The lowest BCUT2D eigenvalue weighted by molar-refractivity contribution is 0.153. The van der Waals surface area contributed by atoms with Crippen LogP contribution in [-0.4, -0.2) is 11.8 Å². The van der Waals surface area contributed by atoms with Crippen molar-refractivity contribution in [3.05, 3.63) is 46.8 Å². The van der Waals surface area contributed by atoms with Crippen molar-refractivity contribution in [1.29, 1.82) is 0 Å². The second-order valence-electron chi connectivity index (χ2n) is 5.84. The van der Waals surface area contributed by atoms with Gasteiger partial charge in [-0.15, -0.1) is 0 Å². The fourth-order valence-corrected chi connectivity index (χ4v) is 3.80. The van der Waals surface area contributed by atoms with Crippen LogP contribution in [0, 0.1) is 20.8 Å². The number of nitrogens with zero attached hydrogens (tertiary/aromatic N) is 1. The molecule has 0 spiro atoms. The number of hydrogen-bond acceptors (Lipinski definition) is 2. The Kier molecular flexibility index (Phi) is 6.01. The van der Waals surface area contributed by atoms with E-state index in [1.807, 2.05) is 16.5 Å². The van der Waals surface area contributed by atoms with Crippen molar-refractivity contribution < 1.29 is 4.84 Å². The molecule has 0 aliphatic carbocycles. The van der Waals surface area contributed by atoms with Crippen LogP contribution in [-0.2, 0) is 6.42 Å². The van der Waals surface area contributed by atoms with Gasteiger partial charge in [-0.1, -0.05) is 49.2 Å². The van der Waals surface area contributed by atoms with Crippen LogP contribution in [0.4, 0.5) is 0 Å². The van der Waals surface area contributed by atoms with Crippen molar-refractivity contribution in [1.82, 2.24) is 4.73 Å². The van der Waals surface area contributed by atoms with Gasteiger partial charge in [-0.2, -0.15) is 4.73 Å². The predicted octanol–water partition coefficient (Wildman–Crippen LogP) is 5.36. The molecule has 3 heteroatoms. The molecule has 0 saturated carbocycles. The first-order valence-electron chi connectivity index (χ1n) is 8.08. The van der Waals surface area contributed by atoms with E-state index in [2.05, 4.69) is 52.0 Å². The van der Waals surface area contributed by atoms with Gasteiger partial charge in [-0.05, 0) is 51.3 Å². The largest absolute Gasteiger partial charge is 0.417 e. The number of benzene rings is 1. The number of aryl methyl sites for hydroxylation is 1. The van der Waals surface area contributed by atoms with E-state index < -0.39 is 0 Å². The average Bonchev–Trinajstić information content (AvgIpc) is 2.74. The molecule has 0 atom stereocenters. The van der Waals surface area contributed by atoms with Crippen LogP contribution in [0.3, 0.4) is 0 Å². The molecule has 120 valence electrons. The second kappa shape index (κ2) is 7.77. The summed E-state index contributed by atoms with van der Waals surface area (Å²) in [6.45, 7) is 8.71. The minimum atomic E-state index is 1.07. The highest BCUT2D eigenvalue weighted by molar-refractivity contribution is 7.99. The molecule has 2 aromatic rings. The maximum Gasteiger partial charge on any atom is 0.104 e. The summed E-state index contributed by atoms with van der Waals surface area (Å²) >= 11 is 1.86. The molecular weight excluding hydrogens is 290 g/mol. The topological polar surface area (TPSA) is 14.2 Å². The van der Waals surface area contributed by atoms with Gasteiger partial charge in [-0.25, -0.2) is 0 Å². The molecule has 0 aliphatic rings. The summed E-state index contributed by atoms with van der Waals surface area (Å²) in [7, 11) is 1.76. The molecule has 22 heavy (non-hydrogen) atoms. The summed E-state index contributed by atoms with van der Waals surface area (Å²) in [6.07, 6.45) is 4.79. The van der Waals surface area contributed by atoms with Gasteiger partial charge >= 0.3 is 0 Å². The summed E-state index contributed by atoms with van der Waals surface area (Å²) in [5, 5.41) is 0. The molecule has 2 nitrogen and oxygen atoms in total. The van der Waals surface area contributed by atoms with E-state index in [0.717, 1.165) is 6.42 Å². The molecule has 0 radical (unpaired) electrons. The van der Waals surface area contributed by atoms with Crippen LogP contribution < -0.4 is 4.84 Å². The molecule has 0 N–H and O–H groups in total. The quantitative estimate of drug-likeness (QED) is 0.639. The first-order chi connectivity index (χ1) is 10.6. The fourth-order valence-electron chi connectivity index (χ4n) is 2.69. The normalized spacial score (nSPS) is 11.0. The third-order valence-corrected chi connectivity index (χ3v) is 5.39. The van der Waals surface area contributed by atoms with Crippen LogP contribution in [0.15, 0.2) is 34.1 Å². The van der Waals surface area contributed by atoms with Gasteiger partial charge in [0.2, 0.25) is 0 Å². The highest BCUT2D eigenvalue weighted by Gasteiger charge is 2.19. The second-order valence-corrected chi connectivity index (χ2v) is 6.92. The molecule has 0 unspecified atom stereocenters. The van der Waals surface area contributed by atoms with Crippen LogP contribution in [0.25, 0.3) is 0 Å². The molecular formula is C19H27NOS. The predicted molar refractivity (Wildman–Crippen MR) is 94.9 cm³/mol. The van der Waals surface area contributed by atoms with Gasteiger partial charge in [0.15, 0.2) is 0 Å². The molecule has 0 saturated heterocycles. The molecule has 0 aliphatic heterocycles. The Bertz CT molecular complexity index is 613. The third kappa shape index (κ3) is 3.70. The Morgan fingerprint density at radius 2 is 1.73 bits per heavy atom. The first-order valence-corrected chi connectivity index (χ1v) is 8.89. The van der Waals surface area contributed by atoms with Crippen molar-refractivity contribution >= 4 is 11.8 Å². The molecule has 2 rings (SSSR count). The lowest BCUT2D eigenvalue weighted by Crippen LogP contribution is -2.11. The summed E-state index contributed by atoms with van der Waals surface area (Å²) in [6, 6.07) is 8.76. The van der Waals surface area contributed by atoms with E-state index in [1.54, 1.807) is 7.11 Å². The van der Waals surface area contributed by atoms with E-state index in [4.69, 9.17) is 4.84 Å². The first kappa shape index (κ1) is 17.0. The fraction of sp³-hybridized carbons (Fsp3) is 0.474. The SMILES string of the molecule is CCCCCc1c(Sc2ccc(C)cc2)c(C)c(C)n1OC. The van der Waals surface area contributed by atoms with Crippen molar-refractivity contribution in [2.75, 3.05) is 7.11 Å². The Labute approximate surface area is 138 Å². The maximum absolute atomic E-state index is 5.63. The monoisotopic (exact) mass is 317 g/mol. The molecule has 1 heterocycles. The van der Waals surface area contributed by atoms with Gasteiger partial charge in [0.1, 0.15) is 7.11 Å².